The summed E-state index contributed by atoms with van der Waals surface area (Å²) in [5.41, 5.74) is 9.66. The first-order valence-electron chi connectivity index (χ1n) is 7.18. The third-order valence-electron chi connectivity index (χ3n) is 3.76. The van der Waals surface area contributed by atoms with E-state index in [1.54, 1.807) is 0 Å². The fourth-order valence-electron chi connectivity index (χ4n) is 2.64. The van der Waals surface area contributed by atoms with Gasteiger partial charge >= 0.3 is 0 Å². The number of hydrogen-bond acceptors (Lipinski definition) is 1. The van der Waals surface area contributed by atoms with Crippen LogP contribution in [0.15, 0.2) is 60.8 Å². The van der Waals surface area contributed by atoms with E-state index >= 15 is 0 Å². The summed E-state index contributed by atoms with van der Waals surface area (Å²) in [7, 11) is 0. The minimum Gasteiger partial charge on any atom is -0.347 e. The molecule has 0 unspecified atom stereocenters. The lowest BCUT2D eigenvalue weighted by Crippen LogP contribution is -2.03. The average Bonchev–Trinajstić information content (AvgIpc) is 2.89. The summed E-state index contributed by atoms with van der Waals surface area (Å²) in [6, 6.07) is 19.5. The lowest BCUT2D eigenvalue weighted by atomic mass is 10.1. The van der Waals surface area contributed by atoms with Gasteiger partial charge in [-0.1, -0.05) is 42.5 Å². The molecule has 0 radical (unpaired) electrons. The number of hydrogen-bond donors (Lipinski definition) is 1. The van der Waals surface area contributed by atoms with Crippen LogP contribution in [0.1, 0.15) is 11.1 Å². The Morgan fingerprint density at radius 3 is 2.50 bits per heavy atom. The molecule has 1 heterocycles. The maximum absolute atomic E-state index is 5.65. The second-order valence-electron chi connectivity index (χ2n) is 5.18. The summed E-state index contributed by atoms with van der Waals surface area (Å²) < 4.78 is 2.34. The highest BCUT2D eigenvalue weighted by atomic mass is 14.9. The lowest BCUT2D eigenvalue weighted by molar-refractivity contribution is 0.722. The van der Waals surface area contributed by atoms with Crippen molar-refractivity contribution in [2.24, 2.45) is 5.73 Å². The zero-order valence-corrected chi connectivity index (χ0v) is 11.6. The van der Waals surface area contributed by atoms with Crippen LogP contribution in [-0.2, 0) is 19.4 Å². The van der Waals surface area contributed by atoms with E-state index in [4.69, 9.17) is 5.73 Å². The molecule has 0 saturated carbocycles. The normalized spacial score (nSPS) is 11.1. The molecule has 2 N–H and O–H groups in total. The Labute approximate surface area is 119 Å². The van der Waals surface area contributed by atoms with E-state index in [1.165, 1.54) is 22.0 Å². The highest BCUT2D eigenvalue weighted by Gasteiger charge is 2.02. The molecule has 2 heteroatoms. The summed E-state index contributed by atoms with van der Waals surface area (Å²) in [6.07, 6.45) is 4.19. The van der Waals surface area contributed by atoms with Crippen molar-refractivity contribution in [2.75, 3.05) is 6.54 Å². The molecule has 1 aromatic heterocycles. The van der Waals surface area contributed by atoms with Crippen LogP contribution in [0.3, 0.4) is 0 Å². The monoisotopic (exact) mass is 264 g/mol. The zero-order chi connectivity index (χ0) is 13.8. The van der Waals surface area contributed by atoms with Crippen molar-refractivity contribution in [2.45, 2.75) is 19.4 Å². The first kappa shape index (κ1) is 12.9. The molecule has 2 nitrogen and oxygen atoms in total. The van der Waals surface area contributed by atoms with E-state index in [0.29, 0.717) is 6.54 Å². The molecule has 102 valence electrons. The molecule has 0 fully saturated rings. The molecule has 0 spiro atoms. The minimum atomic E-state index is 0.705. The molecule has 3 rings (SSSR count). The van der Waals surface area contributed by atoms with Crippen molar-refractivity contribution in [1.29, 1.82) is 0 Å². The SMILES string of the molecule is NCCc1ccc2ccn(CCc3ccccc3)c2c1. The number of rotatable bonds is 5. The fraction of sp³-hybridized carbons (Fsp3) is 0.222. The van der Waals surface area contributed by atoms with E-state index in [9.17, 15) is 0 Å². The molecule has 2 aromatic carbocycles. The van der Waals surface area contributed by atoms with Gasteiger partial charge in [-0.15, -0.1) is 0 Å². The topological polar surface area (TPSA) is 30.9 Å². The highest BCUT2D eigenvalue weighted by Crippen LogP contribution is 2.18. The van der Waals surface area contributed by atoms with Gasteiger partial charge in [0.2, 0.25) is 0 Å². The Kier molecular flexibility index (Phi) is 3.84. The smallest absolute Gasteiger partial charge is 0.0483 e. The molecule has 20 heavy (non-hydrogen) atoms. The van der Waals surface area contributed by atoms with Crippen LogP contribution in [0.2, 0.25) is 0 Å². The molecule has 0 saturated heterocycles. The van der Waals surface area contributed by atoms with Gasteiger partial charge in [-0.25, -0.2) is 0 Å². The number of fused-ring (bicyclic) bond motifs is 1. The third-order valence-corrected chi connectivity index (χ3v) is 3.76. The second-order valence-corrected chi connectivity index (χ2v) is 5.18. The fourth-order valence-corrected chi connectivity index (χ4v) is 2.64. The Balaban J connectivity index is 1.82. The van der Waals surface area contributed by atoms with E-state index in [2.05, 4.69) is 65.4 Å². The van der Waals surface area contributed by atoms with Gasteiger partial charge in [0.1, 0.15) is 0 Å². The molecule has 0 atom stereocenters. The van der Waals surface area contributed by atoms with Crippen LogP contribution in [0.5, 0.6) is 0 Å². The number of nitrogens with two attached hydrogens (primary N) is 1. The molecule has 0 aliphatic carbocycles. The molecule has 0 bridgehead atoms. The lowest BCUT2D eigenvalue weighted by Gasteiger charge is -2.07. The first-order chi connectivity index (χ1) is 9.86. The van der Waals surface area contributed by atoms with Gasteiger partial charge in [-0.2, -0.15) is 0 Å². The molecular weight excluding hydrogens is 244 g/mol. The third kappa shape index (κ3) is 2.75. The minimum absolute atomic E-state index is 0.705. The van der Waals surface area contributed by atoms with Gasteiger partial charge in [-0.05, 0) is 48.0 Å². The van der Waals surface area contributed by atoms with Crippen molar-refractivity contribution in [3.63, 3.8) is 0 Å². The first-order valence-corrected chi connectivity index (χ1v) is 7.18. The van der Waals surface area contributed by atoms with Gasteiger partial charge in [0.15, 0.2) is 0 Å². The predicted octanol–water partition coefficient (Wildman–Crippen LogP) is 3.39. The second kappa shape index (κ2) is 5.93. The number of aromatic nitrogens is 1. The van der Waals surface area contributed by atoms with E-state index < -0.39 is 0 Å². The maximum atomic E-state index is 5.65. The van der Waals surface area contributed by atoms with Gasteiger partial charge in [-0.3, -0.25) is 0 Å². The standard InChI is InChI=1S/C18H20N2/c19-11-8-16-6-7-17-10-13-20(18(17)14-16)12-9-15-4-2-1-3-5-15/h1-7,10,13-14H,8-9,11-12,19H2. The van der Waals surface area contributed by atoms with Gasteiger partial charge in [0.25, 0.3) is 0 Å². The molecule has 0 aliphatic heterocycles. The zero-order valence-electron chi connectivity index (χ0n) is 11.6. The number of nitrogens with zero attached hydrogens (tertiary/aromatic N) is 1. The largest absolute Gasteiger partial charge is 0.347 e. The van der Waals surface area contributed by atoms with Crippen molar-refractivity contribution in [3.8, 4) is 0 Å². The summed E-state index contributed by atoms with van der Waals surface area (Å²) in [6.45, 7) is 1.72. The molecule has 3 aromatic rings. The van der Waals surface area contributed by atoms with E-state index in [1.807, 2.05) is 0 Å². The Bertz CT molecular complexity index is 683. The van der Waals surface area contributed by atoms with E-state index in [-0.39, 0.29) is 0 Å². The Morgan fingerprint density at radius 2 is 1.70 bits per heavy atom. The summed E-state index contributed by atoms with van der Waals surface area (Å²) in [4.78, 5) is 0. The summed E-state index contributed by atoms with van der Waals surface area (Å²) >= 11 is 0. The molecule has 0 aliphatic rings. The van der Waals surface area contributed by atoms with E-state index in [0.717, 1.165) is 19.4 Å². The summed E-state index contributed by atoms with van der Waals surface area (Å²) in [5, 5.41) is 1.30. The van der Waals surface area contributed by atoms with Crippen molar-refractivity contribution < 1.29 is 0 Å². The Morgan fingerprint density at radius 1 is 0.850 bits per heavy atom. The van der Waals surface area contributed by atoms with Gasteiger partial charge in [0, 0.05) is 18.3 Å². The van der Waals surface area contributed by atoms with Gasteiger partial charge in [0.05, 0.1) is 0 Å². The number of aryl methyl sites for hydroxylation is 2. The van der Waals surface area contributed by atoms with Crippen LogP contribution < -0.4 is 5.73 Å². The quantitative estimate of drug-likeness (QED) is 0.752. The van der Waals surface area contributed by atoms with Crippen LogP contribution in [0.25, 0.3) is 10.9 Å². The average molecular weight is 264 g/mol. The summed E-state index contributed by atoms with van der Waals surface area (Å²) in [5.74, 6) is 0. The maximum Gasteiger partial charge on any atom is 0.0483 e. The van der Waals surface area contributed by atoms with Crippen molar-refractivity contribution in [3.05, 3.63) is 71.9 Å². The highest BCUT2D eigenvalue weighted by molar-refractivity contribution is 5.80. The predicted molar refractivity (Wildman–Crippen MR) is 84.8 cm³/mol. The van der Waals surface area contributed by atoms with Crippen molar-refractivity contribution >= 4 is 10.9 Å². The van der Waals surface area contributed by atoms with Crippen LogP contribution in [-0.4, -0.2) is 11.1 Å². The van der Waals surface area contributed by atoms with Crippen LogP contribution in [0.4, 0.5) is 0 Å². The van der Waals surface area contributed by atoms with Crippen LogP contribution >= 0.6 is 0 Å². The molecular formula is C18H20N2. The molecule has 0 amide bonds. The van der Waals surface area contributed by atoms with Crippen LogP contribution in [0, 0.1) is 0 Å². The van der Waals surface area contributed by atoms with Gasteiger partial charge < -0.3 is 10.3 Å². The van der Waals surface area contributed by atoms with Crippen molar-refractivity contribution in [1.82, 2.24) is 4.57 Å². The number of benzene rings is 2. The Hall–Kier alpha value is -2.06.